The van der Waals surface area contributed by atoms with Gasteiger partial charge < -0.3 is 10.3 Å². The molecule has 5 nitrogen and oxygen atoms in total. The van der Waals surface area contributed by atoms with Gasteiger partial charge in [0, 0.05) is 34.6 Å². The molecule has 0 saturated carbocycles. The molecule has 1 saturated heterocycles. The number of rotatable bonds is 5. The predicted octanol–water partition coefficient (Wildman–Crippen LogP) is 5.32. The van der Waals surface area contributed by atoms with Gasteiger partial charge >= 0.3 is 0 Å². The van der Waals surface area contributed by atoms with Crippen LogP contribution in [0.2, 0.25) is 5.02 Å². The molecule has 2 N–H and O–H groups in total. The number of aryl methyl sites for hydroxylation is 1. The molecule has 164 valence electrons. The highest BCUT2D eigenvalue weighted by Crippen LogP contribution is 2.25. The molecular formula is C26H27ClN4O. The monoisotopic (exact) mass is 446 g/mol. The molecule has 0 atom stereocenters. The lowest BCUT2D eigenvalue weighted by molar-refractivity contribution is 0.0931. The van der Waals surface area contributed by atoms with Crippen molar-refractivity contribution in [1.29, 1.82) is 0 Å². The molecule has 1 fully saturated rings. The molecule has 1 aliphatic heterocycles. The van der Waals surface area contributed by atoms with Crippen LogP contribution in [-0.4, -0.2) is 40.4 Å². The summed E-state index contributed by atoms with van der Waals surface area (Å²) in [4.78, 5) is 23.3. The van der Waals surface area contributed by atoms with E-state index in [0.717, 1.165) is 65.0 Å². The number of halogens is 1. The van der Waals surface area contributed by atoms with Crippen molar-refractivity contribution in [1.82, 2.24) is 20.2 Å². The fraction of sp³-hybridized carbons (Fsp3) is 0.308. The first-order valence-electron chi connectivity index (χ1n) is 11.2. The van der Waals surface area contributed by atoms with Crippen molar-refractivity contribution in [2.45, 2.75) is 26.3 Å². The molecule has 0 aliphatic carbocycles. The number of likely N-dealkylation sites (tertiary alicyclic amines) is 1. The highest BCUT2D eigenvalue weighted by atomic mass is 35.5. The van der Waals surface area contributed by atoms with Gasteiger partial charge in [-0.3, -0.25) is 9.69 Å². The average Bonchev–Trinajstić information content (AvgIpc) is 3.25. The van der Waals surface area contributed by atoms with Crippen molar-refractivity contribution in [3.8, 4) is 0 Å². The smallest absolute Gasteiger partial charge is 0.269 e. The van der Waals surface area contributed by atoms with Gasteiger partial charge in [0.25, 0.3) is 5.91 Å². The lowest BCUT2D eigenvalue weighted by atomic mass is 9.96. The predicted molar refractivity (Wildman–Crippen MR) is 130 cm³/mol. The van der Waals surface area contributed by atoms with Crippen LogP contribution in [0.1, 0.15) is 34.6 Å². The number of piperidine rings is 1. The number of carbonyl (C=O) groups is 1. The third kappa shape index (κ3) is 4.50. The first kappa shape index (κ1) is 21.0. The van der Waals surface area contributed by atoms with Crippen LogP contribution in [0.15, 0.2) is 54.6 Å². The van der Waals surface area contributed by atoms with Crippen LogP contribution in [-0.2, 0) is 6.54 Å². The summed E-state index contributed by atoms with van der Waals surface area (Å²) in [5, 5.41) is 5.97. The van der Waals surface area contributed by atoms with Crippen LogP contribution in [0.4, 0.5) is 0 Å². The van der Waals surface area contributed by atoms with Gasteiger partial charge in [0.05, 0.1) is 11.0 Å². The molecule has 4 aromatic rings. The number of hydrogen-bond donors (Lipinski definition) is 2. The molecule has 2 aromatic carbocycles. The third-order valence-electron chi connectivity index (χ3n) is 6.41. The maximum absolute atomic E-state index is 12.8. The molecule has 1 amide bonds. The molecule has 6 heteroatoms. The number of nitrogens with one attached hydrogen (secondary N) is 2. The lowest BCUT2D eigenvalue weighted by Crippen LogP contribution is -2.38. The molecular weight excluding hydrogens is 420 g/mol. The summed E-state index contributed by atoms with van der Waals surface area (Å²) in [5.74, 6) is 0.409. The molecule has 0 spiro atoms. The van der Waals surface area contributed by atoms with Gasteiger partial charge in [0.15, 0.2) is 0 Å². The average molecular weight is 447 g/mol. The van der Waals surface area contributed by atoms with Crippen molar-refractivity contribution < 1.29 is 4.79 Å². The van der Waals surface area contributed by atoms with E-state index in [2.05, 4.69) is 44.5 Å². The van der Waals surface area contributed by atoms with E-state index in [-0.39, 0.29) is 5.91 Å². The minimum absolute atomic E-state index is 0.0920. The van der Waals surface area contributed by atoms with E-state index in [1.165, 1.54) is 5.56 Å². The number of pyridine rings is 1. The fourth-order valence-electron chi connectivity index (χ4n) is 4.52. The molecule has 3 heterocycles. The van der Waals surface area contributed by atoms with E-state index in [4.69, 9.17) is 11.6 Å². The minimum Gasteiger partial charge on any atom is -0.357 e. The van der Waals surface area contributed by atoms with Crippen LogP contribution in [0.3, 0.4) is 0 Å². The van der Waals surface area contributed by atoms with Gasteiger partial charge in [-0.25, -0.2) is 4.98 Å². The van der Waals surface area contributed by atoms with E-state index >= 15 is 0 Å². The van der Waals surface area contributed by atoms with E-state index in [1.807, 2.05) is 37.3 Å². The second-order valence-corrected chi connectivity index (χ2v) is 9.24. The van der Waals surface area contributed by atoms with E-state index in [9.17, 15) is 4.79 Å². The molecule has 0 radical (unpaired) electrons. The largest absolute Gasteiger partial charge is 0.357 e. The summed E-state index contributed by atoms with van der Waals surface area (Å²) >= 11 is 5.98. The topological polar surface area (TPSA) is 61.0 Å². The Kier molecular flexibility index (Phi) is 5.85. The Morgan fingerprint density at radius 3 is 2.59 bits per heavy atom. The standard InChI is InChI=1S/C26H27ClN4O/c1-17-2-5-20-6-7-21-14-23(30-25(21)24(20)29-17)26(32)28-15-18-10-12-31(13-11-18)16-19-3-8-22(27)9-4-19/h2-9,14,18,29H,10-13,15-16H2,1H3,(H,28,32). The Morgan fingerprint density at radius 2 is 1.81 bits per heavy atom. The summed E-state index contributed by atoms with van der Waals surface area (Å²) in [6, 6.07) is 18.2. The van der Waals surface area contributed by atoms with E-state index in [0.29, 0.717) is 18.2 Å². The molecule has 32 heavy (non-hydrogen) atoms. The highest BCUT2D eigenvalue weighted by molar-refractivity contribution is 6.30. The SMILES string of the molecule is Cc1ccc2ccc3cc(C(=O)NCC4CCN(Cc5ccc(Cl)cc5)CC4)nc3c2[nH]1. The van der Waals surface area contributed by atoms with Crippen LogP contribution in [0.5, 0.6) is 0 Å². The number of amides is 1. The zero-order valence-electron chi connectivity index (χ0n) is 18.2. The van der Waals surface area contributed by atoms with Crippen molar-refractivity contribution in [2.24, 2.45) is 5.92 Å². The molecule has 5 rings (SSSR count). The quantitative estimate of drug-likeness (QED) is 0.436. The van der Waals surface area contributed by atoms with Crippen molar-refractivity contribution in [3.05, 3.63) is 76.6 Å². The van der Waals surface area contributed by atoms with Crippen LogP contribution < -0.4 is 5.32 Å². The number of hydrogen-bond acceptors (Lipinski definition) is 3. The van der Waals surface area contributed by atoms with Crippen molar-refractivity contribution in [2.75, 3.05) is 19.6 Å². The van der Waals surface area contributed by atoms with Crippen LogP contribution in [0, 0.1) is 12.8 Å². The summed E-state index contributed by atoms with van der Waals surface area (Å²) in [5.41, 5.74) is 4.68. The zero-order valence-corrected chi connectivity index (χ0v) is 19.0. The second-order valence-electron chi connectivity index (χ2n) is 8.81. The van der Waals surface area contributed by atoms with Crippen LogP contribution >= 0.6 is 11.6 Å². The zero-order chi connectivity index (χ0) is 22.1. The van der Waals surface area contributed by atoms with E-state index in [1.54, 1.807) is 0 Å². The molecule has 1 aliphatic rings. The number of fused-ring (bicyclic) bond motifs is 3. The first-order chi connectivity index (χ1) is 15.5. The summed E-state index contributed by atoms with van der Waals surface area (Å²) in [6.07, 6.45) is 2.17. The van der Waals surface area contributed by atoms with Gasteiger partial charge in [-0.15, -0.1) is 0 Å². The first-order valence-corrected chi connectivity index (χ1v) is 11.6. The Bertz CT molecular complexity index is 1260. The van der Waals surface area contributed by atoms with Gasteiger partial charge in [0.1, 0.15) is 5.69 Å². The Morgan fingerprint density at radius 1 is 1.09 bits per heavy atom. The number of carbonyl (C=O) groups excluding carboxylic acids is 1. The van der Waals surface area contributed by atoms with E-state index < -0.39 is 0 Å². The normalized spacial score (nSPS) is 15.4. The van der Waals surface area contributed by atoms with Gasteiger partial charge in [-0.05, 0) is 68.6 Å². The van der Waals surface area contributed by atoms with Gasteiger partial charge in [-0.2, -0.15) is 0 Å². The summed E-state index contributed by atoms with van der Waals surface area (Å²) in [7, 11) is 0. The fourth-order valence-corrected chi connectivity index (χ4v) is 4.65. The summed E-state index contributed by atoms with van der Waals surface area (Å²) in [6.45, 7) is 5.76. The molecule has 2 aromatic heterocycles. The van der Waals surface area contributed by atoms with Crippen LogP contribution in [0.25, 0.3) is 21.8 Å². The number of aromatic nitrogens is 2. The maximum Gasteiger partial charge on any atom is 0.269 e. The second kappa shape index (κ2) is 8.93. The Balaban J connectivity index is 1.17. The molecule has 0 unspecified atom stereocenters. The number of benzene rings is 2. The number of nitrogens with zero attached hydrogens (tertiary/aromatic N) is 2. The Hall–Kier alpha value is -2.89. The van der Waals surface area contributed by atoms with Gasteiger partial charge in [-0.1, -0.05) is 41.9 Å². The Labute approximate surface area is 192 Å². The molecule has 0 bridgehead atoms. The van der Waals surface area contributed by atoms with Crippen molar-refractivity contribution in [3.63, 3.8) is 0 Å². The lowest BCUT2D eigenvalue weighted by Gasteiger charge is -2.32. The van der Waals surface area contributed by atoms with Gasteiger partial charge in [0.2, 0.25) is 0 Å². The third-order valence-corrected chi connectivity index (χ3v) is 6.66. The summed E-state index contributed by atoms with van der Waals surface area (Å²) < 4.78 is 0. The number of H-pyrrole nitrogens is 1. The number of aromatic amines is 1. The minimum atomic E-state index is -0.0920. The van der Waals surface area contributed by atoms with Crippen molar-refractivity contribution >= 4 is 39.3 Å². The highest BCUT2D eigenvalue weighted by Gasteiger charge is 2.21. The maximum atomic E-state index is 12.8.